The van der Waals surface area contributed by atoms with Crippen LogP contribution < -0.4 is 19.5 Å². The Kier molecular flexibility index (Phi) is 6.04. The zero-order valence-electron chi connectivity index (χ0n) is 15.9. The van der Waals surface area contributed by atoms with Crippen molar-refractivity contribution in [2.24, 2.45) is 0 Å². The Hall–Kier alpha value is -3.52. The van der Waals surface area contributed by atoms with Crippen molar-refractivity contribution < 1.29 is 22.7 Å². The number of nitrogens with one attached hydrogen (secondary N) is 2. The van der Waals surface area contributed by atoms with Crippen LogP contribution >= 0.6 is 0 Å². The third-order valence-corrected chi connectivity index (χ3v) is 5.49. The van der Waals surface area contributed by atoms with E-state index in [4.69, 9.17) is 9.47 Å². The van der Waals surface area contributed by atoms with Crippen molar-refractivity contribution in [2.45, 2.75) is 4.90 Å². The van der Waals surface area contributed by atoms with Crippen LogP contribution in [0.4, 0.5) is 11.4 Å². The first-order valence-corrected chi connectivity index (χ1v) is 10.1. The van der Waals surface area contributed by atoms with Gasteiger partial charge in [0.05, 0.1) is 24.7 Å². The second-order valence-electron chi connectivity index (χ2n) is 5.99. The lowest BCUT2D eigenvalue weighted by atomic mass is 10.1. The molecule has 3 aromatic carbocycles. The van der Waals surface area contributed by atoms with Gasteiger partial charge in [0.25, 0.3) is 15.9 Å². The number of sulfonamides is 1. The van der Waals surface area contributed by atoms with Crippen molar-refractivity contribution in [1.82, 2.24) is 0 Å². The molecule has 1 amide bonds. The average molecular weight is 412 g/mol. The van der Waals surface area contributed by atoms with Crippen LogP contribution in [0.25, 0.3) is 0 Å². The van der Waals surface area contributed by atoms with Crippen LogP contribution in [-0.4, -0.2) is 28.5 Å². The summed E-state index contributed by atoms with van der Waals surface area (Å²) in [5.41, 5.74) is 1.21. The number of ether oxygens (including phenoxy) is 2. The van der Waals surface area contributed by atoms with Crippen molar-refractivity contribution >= 4 is 27.3 Å². The van der Waals surface area contributed by atoms with Gasteiger partial charge < -0.3 is 14.8 Å². The fourth-order valence-electron chi connectivity index (χ4n) is 2.70. The van der Waals surface area contributed by atoms with E-state index in [1.165, 1.54) is 38.5 Å². The lowest BCUT2D eigenvalue weighted by molar-refractivity contribution is 0.102. The molecule has 0 bridgehead atoms. The molecule has 7 nitrogen and oxygen atoms in total. The monoisotopic (exact) mass is 412 g/mol. The first kappa shape index (κ1) is 20.2. The van der Waals surface area contributed by atoms with Gasteiger partial charge >= 0.3 is 0 Å². The molecule has 0 aliphatic heterocycles. The third kappa shape index (κ3) is 4.67. The summed E-state index contributed by atoms with van der Waals surface area (Å²) in [5, 5.41) is 2.72. The zero-order valence-corrected chi connectivity index (χ0v) is 16.7. The van der Waals surface area contributed by atoms with Gasteiger partial charge in [0.15, 0.2) is 11.5 Å². The first-order chi connectivity index (χ1) is 13.9. The van der Waals surface area contributed by atoms with Crippen molar-refractivity contribution in [3.63, 3.8) is 0 Å². The van der Waals surface area contributed by atoms with Crippen LogP contribution in [0.15, 0.2) is 77.7 Å². The van der Waals surface area contributed by atoms with Crippen LogP contribution in [0, 0.1) is 0 Å². The Labute approximate surface area is 169 Å². The number of hydrogen-bond donors (Lipinski definition) is 2. The van der Waals surface area contributed by atoms with Crippen LogP contribution in [0.2, 0.25) is 0 Å². The highest BCUT2D eigenvalue weighted by Gasteiger charge is 2.18. The molecule has 0 aromatic heterocycles. The molecule has 0 atom stereocenters. The first-order valence-electron chi connectivity index (χ1n) is 8.65. The highest BCUT2D eigenvalue weighted by Crippen LogP contribution is 2.31. The molecule has 0 aliphatic carbocycles. The van der Waals surface area contributed by atoms with Crippen LogP contribution in [-0.2, 0) is 10.0 Å². The Morgan fingerprint density at radius 2 is 1.48 bits per heavy atom. The lowest BCUT2D eigenvalue weighted by Gasteiger charge is -2.13. The molecule has 0 radical (unpaired) electrons. The van der Waals surface area contributed by atoms with E-state index in [-0.39, 0.29) is 4.90 Å². The molecular weight excluding hydrogens is 392 g/mol. The minimum absolute atomic E-state index is 0.0818. The number of carbonyl (C=O) groups excluding carboxylic acids is 1. The minimum atomic E-state index is -3.73. The van der Waals surface area contributed by atoms with E-state index >= 15 is 0 Å². The number of hydrogen-bond acceptors (Lipinski definition) is 5. The number of para-hydroxylation sites is 2. The molecule has 2 N–H and O–H groups in total. The van der Waals surface area contributed by atoms with E-state index in [0.717, 1.165) is 0 Å². The summed E-state index contributed by atoms with van der Waals surface area (Å²) in [6.07, 6.45) is 0. The largest absolute Gasteiger partial charge is 0.493 e. The van der Waals surface area contributed by atoms with Gasteiger partial charge in [0.1, 0.15) is 0 Å². The summed E-state index contributed by atoms with van der Waals surface area (Å²) in [6, 6.07) is 19.5. The molecule has 150 valence electrons. The number of carbonyl (C=O) groups is 1. The fraction of sp³-hybridized carbons (Fsp3) is 0.0952. The summed E-state index contributed by atoms with van der Waals surface area (Å²) in [6.45, 7) is 0. The van der Waals surface area contributed by atoms with Gasteiger partial charge in [0.2, 0.25) is 0 Å². The van der Waals surface area contributed by atoms with E-state index in [9.17, 15) is 13.2 Å². The highest BCUT2D eigenvalue weighted by molar-refractivity contribution is 7.92. The van der Waals surface area contributed by atoms with Crippen LogP contribution in [0.1, 0.15) is 10.4 Å². The molecule has 29 heavy (non-hydrogen) atoms. The van der Waals surface area contributed by atoms with E-state index in [1.54, 1.807) is 48.5 Å². The molecule has 3 aromatic rings. The van der Waals surface area contributed by atoms with E-state index < -0.39 is 15.9 Å². The number of rotatable bonds is 7. The van der Waals surface area contributed by atoms with E-state index in [0.29, 0.717) is 28.4 Å². The maximum absolute atomic E-state index is 12.6. The van der Waals surface area contributed by atoms with Crippen LogP contribution in [0.3, 0.4) is 0 Å². The van der Waals surface area contributed by atoms with E-state index in [1.807, 2.05) is 0 Å². The topological polar surface area (TPSA) is 93.7 Å². The van der Waals surface area contributed by atoms with Gasteiger partial charge in [-0.15, -0.1) is 0 Å². The SMILES string of the molecule is COc1cccc(C(=O)Nc2ccc(S(=O)(=O)Nc3ccccc3)cc2)c1OC. The van der Waals surface area contributed by atoms with Gasteiger partial charge in [0, 0.05) is 11.4 Å². The van der Waals surface area contributed by atoms with Gasteiger partial charge in [-0.05, 0) is 48.5 Å². The molecule has 8 heteroatoms. The van der Waals surface area contributed by atoms with Crippen molar-refractivity contribution in [1.29, 1.82) is 0 Å². The third-order valence-electron chi connectivity index (χ3n) is 4.10. The van der Waals surface area contributed by atoms with Gasteiger partial charge in [-0.1, -0.05) is 24.3 Å². The van der Waals surface area contributed by atoms with Crippen molar-refractivity contribution in [2.75, 3.05) is 24.3 Å². The summed E-state index contributed by atoms with van der Waals surface area (Å²) in [4.78, 5) is 12.7. The normalized spacial score (nSPS) is 10.8. The molecule has 0 spiro atoms. The van der Waals surface area contributed by atoms with Crippen molar-refractivity contribution in [3.8, 4) is 11.5 Å². The Morgan fingerprint density at radius 1 is 0.793 bits per heavy atom. The smallest absolute Gasteiger partial charge is 0.261 e. The summed E-state index contributed by atoms with van der Waals surface area (Å²) in [7, 11) is -0.789. The quantitative estimate of drug-likeness (QED) is 0.616. The Balaban J connectivity index is 1.77. The molecular formula is C21H20N2O5S. The highest BCUT2D eigenvalue weighted by atomic mass is 32.2. The number of benzene rings is 3. The van der Waals surface area contributed by atoms with E-state index in [2.05, 4.69) is 10.0 Å². The van der Waals surface area contributed by atoms with Crippen LogP contribution in [0.5, 0.6) is 11.5 Å². The molecule has 0 aliphatic rings. The zero-order chi connectivity index (χ0) is 20.9. The number of methoxy groups -OCH3 is 2. The summed E-state index contributed by atoms with van der Waals surface area (Å²) >= 11 is 0. The molecule has 3 rings (SSSR count). The Bertz CT molecular complexity index is 1100. The standard InChI is InChI=1S/C21H20N2O5S/c1-27-19-10-6-9-18(20(19)28-2)21(24)22-15-11-13-17(14-12-15)29(25,26)23-16-7-4-3-5-8-16/h3-14,23H,1-2H3,(H,22,24). The molecule has 0 heterocycles. The van der Waals surface area contributed by atoms with Gasteiger partial charge in [-0.25, -0.2) is 8.42 Å². The summed E-state index contributed by atoms with van der Waals surface area (Å²) in [5.74, 6) is 0.353. The second kappa shape index (κ2) is 8.66. The maximum atomic E-state index is 12.6. The number of amides is 1. The predicted octanol–water partition coefficient (Wildman–Crippen LogP) is 3.76. The summed E-state index contributed by atoms with van der Waals surface area (Å²) < 4.78 is 37.9. The fourth-order valence-corrected chi connectivity index (χ4v) is 3.76. The maximum Gasteiger partial charge on any atom is 0.261 e. The average Bonchev–Trinajstić information content (AvgIpc) is 2.73. The predicted molar refractivity (Wildman–Crippen MR) is 111 cm³/mol. The van der Waals surface area contributed by atoms with Crippen molar-refractivity contribution in [3.05, 3.63) is 78.4 Å². The second-order valence-corrected chi connectivity index (χ2v) is 7.67. The molecule has 0 fully saturated rings. The number of anilines is 2. The van der Waals surface area contributed by atoms with Gasteiger partial charge in [-0.3, -0.25) is 9.52 Å². The minimum Gasteiger partial charge on any atom is -0.493 e. The lowest BCUT2D eigenvalue weighted by Crippen LogP contribution is -2.15. The molecule has 0 unspecified atom stereocenters. The molecule has 0 saturated carbocycles. The Morgan fingerprint density at radius 3 is 2.10 bits per heavy atom. The van der Waals surface area contributed by atoms with Gasteiger partial charge in [-0.2, -0.15) is 0 Å². The molecule has 0 saturated heterocycles.